The maximum absolute atomic E-state index is 12.1. The maximum Gasteiger partial charge on any atom is 0.277 e. The highest BCUT2D eigenvalue weighted by Crippen LogP contribution is 2.20. The largest absolute Gasteiger partial charge is 0.394 e. The minimum absolute atomic E-state index is 0.201. The molecule has 7 nitrogen and oxygen atoms in total. The van der Waals surface area contributed by atoms with Gasteiger partial charge in [-0.3, -0.25) is 14.6 Å². The molecule has 0 spiro atoms. The van der Waals surface area contributed by atoms with E-state index in [1.807, 2.05) is 24.3 Å². The standard InChI is InChI=1S/C15H16IN3O4/c16-10-1-3-11(4-2-10)18-14-7-17-6-5-13(14)15(22)19-23-9-12(21)8-20/h1-7,12,18,20-21H,8-9H2,(H,19,22). The van der Waals surface area contributed by atoms with Crippen LogP contribution in [0.15, 0.2) is 42.7 Å². The molecule has 8 heteroatoms. The van der Waals surface area contributed by atoms with E-state index >= 15 is 0 Å². The highest BCUT2D eigenvalue weighted by Gasteiger charge is 2.12. The molecule has 23 heavy (non-hydrogen) atoms. The van der Waals surface area contributed by atoms with Gasteiger partial charge in [0.2, 0.25) is 0 Å². The average Bonchev–Trinajstić information content (AvgIpc) is 2.57. The van der Waals surface area contributed by atoms with Gasteiger partial charge in [0.25, 0.3) is 5.91 Å². The van der Waals surface area contributed by atoms with E-state index in [4.69, 9.17) is 15.1 Å². The number of nitrogens with zero attached hydrogens (tertiary/aromatic N) is 1. The Hall–Kier alpha value is -1.75. The number of hydrogen-bond donors (Lipinski definition) is 4. The first kappa shape index (κ1) is 17.6. The quantitative estimate of drug-likeness (QED) is 0.393. The topological polar surface area (TPSA) is 104 Å². The minimum Gasteiger partial charge on any atom is -0.394 e. The summed E-state index contributed by atoms with van der Waals surface area (Å²) < 4.78 is 1.10. The van der Waals surface area contributed by atoms with Crippen LogP contribution in [0.25, 0.3) is 0 Å². The van der Waals surface area contributed by atoms with E-state index in [0.29, 0.717) is 11.3 Å². The molecule has 2 aromatic rings. The van der Waals surface area contributed by atoms with Gasteiger partial charge in [-0.1, -0.05) is 0 Å². The van der Waals surface area contributed by atoms with Crippen molar-refractivity contribution in [2.75, 3.05) is 18.5 Å². The summed E-state index contributed by atoms with van der Waals surface area (Å²) in [7, 11) is 0. The Bertz CT molecular complexity index is 651. The molecule has 1 aromatic heterocycles. The van der Waals surface area contributed by atoms with Crippen LogP contribution < -0.4 is 10.8 Å². The summed E-state index contributed by atoms with van der Waals surface area (Å²) in [6, 6.07) is 9.22. The van der Waals surface area contributed by atoms with Gasteiger partial charge >= 0.3 is 0 Å². The normalized spacial score (nSPS) is 11.8. The Morgan fingerprint density at radius 2 is 2.04 bits per heavy atom. The number of aromatic nitrogens is 1. The third-order valence-electron chi connectivity index (χ3n) is 2.84. The molecule has 1 aromatic carbocycles. The van der Waals surface area contributed by atoms with Gasteiger partial charge in [0.1, 0.15) is 12.7 Å². The molecule has 0 saturated carbocycles. The van der Waals surface area contributed by atoms with Crippen LogP contribution in [0.2, 0.25) is 0 Å². The van der Waals surface area contributed by atoms with E-state index in [2.05, 4.69) is 38.4 Å². The van der Waals surface area contributed by atoms with E-state index in [1.165, 1.54) is 12.4 Å². The van der Waals surface area contributed by atoms with E-state index in [1.54, 1.807) is 6.07 Å². The summed E-state index contributed by atoms with van der Waals surface area (Å²) >= 11 is 2.21. The predicted molar refractivity (Wildman–Crippen MR) is 93.2 cm³/mol. The van der Waals surface area contributed by atoms with E-state index in [9.17, 15) is 4.79 Å². The average molecular weight is 429 g/mol. The van der Waals surface area contributed by atoms with Crippen LogP contribution in [0.1, 0.15) is 10.4 Å². The second-order valence-electron chi connectivity index (χ2n) is 4.63. The Morgan fingerprint density at radius 1 is 1.30 bits per heavy atom. The second-order valence-corrected chi connectivity index (χ2v) is 5.88. The van der Waals surface area contributed by atoms with Crippen LogP contribution in [-0.2, 0) is 4.84 Å². The van der Waals surface area contributed by atoms with Crippen LogP contribution in [0.4, 0.5) is 11.4 Å². The fraction of sp³-hybridized carbons (Fsp3) is 0.200. The molecule has 1 amide bonds. The number of benzene rings is 1. The lowest BCUT2D eigenvalue weighted by Gasteiger charge is -2.12. The zero-order valence-electron chi connectivity index (χ0n) is 12.1. The Kier molecular flexibility index (Phi) is 6.71. The van der Waals surface area contributed by atoms with Gasteiger partial charge in [0, 0.05) is 15.5 Å². The molecular formula is C15H16IN3O4. The van der Waals surface area contributed by atoms with E-state index in [-0.39, 0.29) is 6.61 Å². The first-order valence-electron chi connectivity index (χ1n) is 6.78. The van der Waals surface area contributed by atoms with Crippen LogP contribution in [0.3, 0.4) is 0 Å². The van der Waals surface area contributed by atoms with Crippen molar-refractivity contribution in [3.05, 3.63) is 51.9 Å². The first-order chi connectivity index (χ1) is 11.1. The SMILES string of the molecule is O=C(NOCC(O)CO)c1ccncc1Nc1ccc(I)cc1. The number of carbonyl (C=O) groups excluding carboxylic acids is 1. The summed E-state index contributed by atoms with van der Waals surface area (Å²) in [5, 5.41) is 21.0. The third kappa shape index (κ3) is 5.43. The molecule has 0 aliphatic heterocycles. The molecular weight excluding hydrogens is 413 g/mol. The van der Waals surface area contributed by atoms with Crippen LogP contribution in [0.5, 0.6) is 0 Å². The Balaban J connectivity index is 2.04. The van der Waals surface area contributed by atoms with Crippen LogP contribution in [-0.4, -0.2) is 40.4 Å². The van der Waals surface area contributed by atoms with Crippen LogP contribution >= 0.6 is 22.6 Å². The molecule has 122 valence electrons. The monoisotopic (exact) mass is 429 g/mol. The fourth-order valence-electron chi connectivity index (χ4n) is 1.69. The number of pyridine rings is 1. The Labute approximate surface area is 146 Å². The smallest absolute Gasteiger partial charge is 0.277 e. The van der Waals surface area contributed by atoms with Gasteiger partial charge in [-0.25, -0.2) is 5.48 Å². The zero-order chi connectivity index (χ0) is 16.7. The lowest BCUT2D eigenvalue weighted by Crippen LogP contribution is -2.30. The van der Waals surface area contributed by atoms with Crippen molar-refractivity contribution in [2.45, 2.75) is 6.10 Å². The molecule has 0 radical (unpaired) electrons. The highest BCUT2D eigenvalue weighted by molar-refractivity contribution is 14.1. The number of halogens is 1. The molecule has 1 atom stereocenters. The molecule has 4 N–H and O–H groups in total. The number of hydroxylamine groups is 1. The number of aliphatic hydroxyl groups excluding tert-OH is 2. The van der Waals surface area contributed by atoms with Crippen molar-refractivity contribution in [2.24, 2.45) is 0 Å². The summed E-state index contributed by atoms with van der Waals surface area (Å²) in [5.41, 5.74) is 3.91. The van der Waals surface area contributed by atoms with Crippen molar-refractivity contribution in [3.63, 3.8) is 0 Å². The summed E-state index contributed by atoms with van der Waals surface area (Å²) in [6.07, 6.45) is 1.99. The molecule has 0 saturated heterocycles. The van der Waals surface area contributed by atoms with Crippen molar-refractivity contribution < 1.29 is 19.8 Å². The third-order valence-corrected chi connectivity index (χ3v) is 3.56. The van der Waals surface area contributed by atoms with Crippen molar-refractivity contribution in [1.29, 1.82) is 0 Å². The molecule has 1 unspecified atom stereocenters. The lowest BCUT2D eigenvalue weighted by atomic mass is 10.2. The number of nitrogens with one attached hydrogen (secondary N) is 2. The minimum atomic E-state index is -1.04. The molecule has 0 fully saturated rings. The van der Waals surface area contributed by atoms with Crippen molar-refractivity contribution in [1.82, 2.24) is 10.5 Å². The number of anilines is 2. The van der Waals surface area contributed by atoms with Crippen molar-refractivity contribution in [3.8, 4) is 0 Å². The highest BCUT2D eigenvalue weighted by atomic mass is 127. The zero-order valence-corrected chi connectivity index (χ0v) is 14.2. The summed E-state index contributed by atoms with van der Waals surface area (Å²) in [6.45, 7) is -0.641. The van der Waals surface area contributed by atoms with Gasteiger partial charge in [0.05, 0.1) is 24.1 Å². The molecule has 0 aliphatic rings. The summed E-state index contributed by atoms with van der Waals surface area (Å²) in [5.74, 6) is -0.481. The van der Waals surface area contributed by atoms with E-state index in [0.717, 1.165) is 9.26 Å². The van der Waals surface area contributed by atoms with Gasteiger partial charge in [-0.15, -0.1) is 0 Å². The first-order valence-corrected chi connectivity index (χ1v) is 7.85. The number of rotatable bonds is 7. The van der Waals surface area contributed by atoms with E-state index < -0.39 is 18.6 Å². The maximum atomic E-state index is 12.1. The number of hydrogen-bond acceptors (Lipinski definition) is 6. The molecule has 0 aliphatic carbocycles. The molecule has 1 heterocycles. The van der Waals surface area contributed by atoms with Gasteiger partial charge in [-0.05, 0) is 52.9 Å². The van der Waals surface area contributed by atoms with Gasteiger partial charge < -0.3 is 15.5 Å². The number of amides is 1. The predicted octanol–water partition coefficient (Wildman–Crippen LogP) is 1.44. The van der Waals surface area contributed by atoms with Gasteiger partial charge in [-0.2, -0.15) is 0 Å². The fourth-order valence-corrected chi connectivity index (χ4v) is 2.05. The van der Waals surface area contributed by atoms with Gasteiger partial charge in [0.15, 0.2) is 0 Å². The Morgan fingerprint density at radius 3 is 2.74 bits per heavy atom. The van der Waals surface area contributed by atoms with Crippen molar-refractivity contribution >= 4 is 39.9 Å². The summed E-state index contributed by atoms with van der Waals surface area (Å²) in [4.78, 5) is 21.0. The molecule has 0 bridgehead atoms. The number of carbonyl (C=O) groups is 1. The second kappa shape index (κ2) is 8.77. The molecule has 2 rings (SSSR count). The number of aliphatic hydroxyl groups is 2. The lowest BCUT2D eigenvalue weighted by molar-refractivity contribution is -0.0295. The van der Waals surface area contributed by atoms with Crippen LogP contribution in [0, 0.1) is 3.57 Å².